The lowest BCUT2D eigenvalue weighted by atomic mass is 10.2. The Morgan fingerprint density at radius 1 is 1.36 bits per heavy atom. The molecule has 3 nitrogen and oxygen atoms in total. The number of benzene rings is 1. The molecular formula is C11H13NO2. The number of anilines is 1. The highest BCUT2D eigenvalue weighted by molar-refractivity contribution is 5.75. The molecule has 1 aromatic rings. The second-order valence-electron chi connectivity index (χ2n) is 3.60. The number of aldehydes is 1. The summed E-state index contributed by atoms with van der Waals surface area (Å²) in [5.74, 6) is 0. The number of hydrogen-bond donors (Lipinski definition) is 1. The van der Waals surface area contributed by atoms with Gasteiger partial charge in [-0.3, -0.25) is 4.79 Å². The number of rotatable bonds is 2. The lowest BCUT2D eigenvalue weighted by Gasteiger charge is -2.17. The molecule has 0 aliphatic carbocycles. The van der Waals surface area contributed by atoms with Crippen molar-refractivity contribution in [2.45, 2.75) is 12.5 Å². The highest BCUT2D eigenvalue weighted by Gasteiger charge is 2.19. The number of carbonyl (C=O) groups excluding carboxylic acids is 1. The van der Waals surface area contributed by atoms with E-state index in [4.69, 9.17) is 0 Å². The summed E-state index contributed by atoms with van der Waals surface area (Å²) in [6, 6.07) is 7.43. The average molecular weight is 191 g/mol. The van der Waals surface area contributed by atoms with Gasteiger partial charge in [0.1, 0.15) is 6.29 Å². The Morgan fingerprint density at radius 3 is 2.57 bits per heavy atom. The van der Waals surface area contributed by atoms with E-state index in [0.29, 0.717) is 12.1 Å². The Hall–Kier alpha value is -1.35. The molecule has 0 spiro atoms. The molecule has 0 bridgehead atoms. The monoisotopic (exact) mass is 191 g/mol. The van der Waals surface area contributed by atoms with E-state index in [1.165, 1.54) is 0 Å². The topological polar surface area (TPSA) is 40.5 Å². The number of nitrogens with zero attached hydrogens (tertiary/aromatic N) is 1. The maximum absolute atomic E-state index is 10.4. The minimum Gasteiger partial charge on any atom is -0.391 e. The lowest BCUT2D eigenvalue weighted by molar-refractivity contribution is 0.112. The van der Waals surface area contributed by atoms with Crippen LogP contribution in [0.1, 0.15) is 16.8 Å². The standard InChI is InChI=1S/C11H13NO2/c13-8-9-1-3-10(4-2-9)12-6-5-11(14)7-12/h1-4,8,11,14H,5-7H2/t11-/m0/s1. The highest BCUT2D eigenvalue weighted by Crippen LogP contribution is 2.20. The van der Waals surface area contributed by atoms with Crippen LogP contribution in [-0.4, -0.2) is 30.6 Å². The van der Waals surface area contributed by atoms with Crippen LogP contribution in [0.15, 0.2) is 24.3 Å². The molecule has 0 saturated carbocycles. The number of aliphatic hydroxyl groups is 1. The van der Waals surface area contributed by atoms with Gasteiger partial charge in [0.05, 0.1) is 6.10 Å². The first kappa shape index (κ1) is 9.21. The van der Waals surface area contributed by atoms with Gasteiger partial charge in [-0.05, 0) is 30.7 Å². The molecule has 1 fully saturated rings. The molecule has 74 valence electrons. The third-order valence-corrected chi connectivity index (χ3v) is 2.56. The van der Waals surface area contributed by atoms with E-state index in [-0.39, 0.29) is 6.10 Å². The summed E-state index contributed by atoms with van der Waals surface area (Å²) in [6.45, 7) is 1.59. The molecule has 0 radical (unpaired) electrons. The zero-order chi connectivity index (χ0) is 9.97. The molecule has 1 N–H and O–H groups in total. The Labute approximate surface area is 83.0 Å². The Bertz CT molecular complexity index is 321. The van der Waals surface area contributed by atoms with E-state index in [9.17, 15) is 9.90 Å². The molecule has 1 aromatic carbocycles. The maximum atomic E-state index is 10.4. The summed E-state index contributed by atoms with van der Waals surface area (Å²) in [5, 5.41) is 9.36. The van der Waals surface area contributed by atoms with Gasteiger partial charge in [-0.25, -0.2) is 0 Å². The van der Waals surface area contributed by atoms with E-state index >= 15 is 0 Å². The van der Waals surface area contributed by atoms with Gasteiger partial charge in [0.2, 0.25) is 0 Å². The SMILES string of the molecule is O=Cc1ccc(N2CC[C@H](O)C2)cc1. The van der Waals surface area contributed by atoms with Crippen molar-refractivity contribution < 1.29 is 9.90 Å². The number of aliphatic hydroxyl groups excluding tert-OH is 1. The first-order valence-corrected chi connectivity index (χ1v) is 4.78. The van der Waals surface area contributed by atoms with Gasteiger partial charge in [-0.15, -0.1) is 0 Å². The Balaban J connectivity index is 2.13. The van der Waals surface area contributed by atoms with Gasteiger partial charge in [0.15, 0.2) is 0 Å². The first-order chi connectivity index (χ1) is 6.79. The molecular weight excluding hydrogens is 178 g/mol. The van der Waals surface area contributed by atoms with Crippen LogP contribution in [0.2, 0.25) is 0 Å². The fraction of sp³-hybridized carbons (Fsp3) is 0.364. The molecule has 0 unspecified atom stereocenters. The molecule has 2 rings (SSSR count). The van der Waals surface area contributed by atoms with E-state index in [2.05, 4.69) is 4.90 Å². The average Bonchev–Trinajstić information content (AvgIpc) is 2.65. The van der Waals surface area contributed by atoms with Crippen molar-refractivity contribution in [2.75, 3.05) is 18.0 Å². The molecule has 1 atom stereocenters. The molecule has 14 heavy (non-hydrogen) atoms. The lowest BCUT2D eigenvalue weighted by Crippen LogP contribution is -2.20. The molecule has 1 heterocycles. The van der Waals surface area contributed by atoms with Crippen molar-refractivity contribution in [2.24, 2.45) is 0 Å². The van der Waals surface area contributed by atoms with Crippen molar-refractivity contribution in [3.8, 4) is 0 Å². The summed E-state index contributed by atoms with van der Waals surface area (Å²) in [6.07, 6.45) is 1.46. The summed E-state index contributed by atoms with van der Waals surface area (Å²) < 4.78 is 0. The smallest absolute Gasteiger partial charge is 0.150 e. The summed E-state index contributed by atoms with van der Waals surface area (Å²) in [7, 11) is 0. The molecule has 0 amide bonds. The van der Waals surface area contributed by atoms with Crippen LogP contribution in [0, 0.1) is 0 Å². The van der Waals surface area contributed by atoms with Crippen molar-refractivity contribution >= 4 is 12.0 Å². The highest BCUT2D eigenvalue weighted by atomic mass is 16.3. The van der Waals surface area contributed by atoms with Crippen LogP contribution >= 0.6 is 0 Å². The summed E-state index contributed by atoms with van der Waals surface area (Å²) in [4.78, 5) is 12.6. The van der Waals surface area contributed by atoms with Gasteiger partial charge in [-0.2, -0.15) is 0 Å². The van der Waals surface area contributed by atoms with E-state index in [1.54, 1.807) is 12.1 Å². The van der Waals surface area contributed by atoms with E-state index < -0.39 is 0 Å². The predicted molar refractivity (Wildman–Crippen MR) is 54.7 cm³/mol. The minimum atomic E-state index is -0.208. The van der Waals surface area contributed by atoms with Crippen LogP contribution in [0.25, 0.3) is 0 Å². The van der Waals surface area contributed by atoms with Gasteiger partial charge in [0.25, 0.3) is 0 Å². The second kappa shape index (κ2) is 3.80. The van der Waals surface area contributed by atoms with Crippen molar-refractivity contribution in [1.29, 1.82) is 0 Å². The maximum Gasteiger partial charge on any atom is 0.150 e. The van der Waals surface area contributed by atoms with Crippen molar-refractivity contribution in [3.63, 3.8) is 0 Å². The van der Waals surface area contributed by atoms with Crippen molar-refractivity contribution in [1.82, 2.24) is 0 Å². The molecule has 1 aliphatic rings. The van der Waals surface area contributed by atoms with Crippen LogP contribution in [0.4, 0.5) is 5.69 Å². The minimum absolute atomic E-state index is 0.208. The van der Waals surface area contributed by atoms with Crippen LogP contribution in [-0.2, 0) is 0 Å². The summed E-state index contributed by atoms with van der Waals surface area (Å²) >= 11 is 0. The third-order valence-electron chi connectivity index (χ3n) is 2.56. The number of hydrogen-bond acceptors (Lipinski definition) is 3. The van der Waals surface area contributed by atoms with E-state index in [1.807, 2.05) is 12.1 Å². The second-order valence-corrected chi connectivity index (χ2v) is 3.60. The normalized spacial score (nSPS) is 21.2. The quantitative estimate of drug-likeness (QED) is 0.711. The first-order valence-electron chi connectivity index (χ1n) is 4.78. The zero-order valence-corrected chi connectivity index (χ0v) is 7.89. The van der Waals surface area contributed by atoms with Gasteiger partial charge < -0.3 is 10.0 Å². The van der Waals surface area contributed by atoms with Crippen LogP contribution in [0.3, 0.4) is 0 Å². The van der Waals surface area contributed by atoms with Gasteiger partial charge >= 0.3 is 0 Å². The third kappa shape index (κ3) is 1.77. The molecule has 1 aliphatic heterocycles. The van der Waals surface area contributed by atoms with Crippen LogP contribution in [0.5, 0.6) is 0 Å². The van der Waals surface area contributed by atoms with Gasteiger partial charge in [-0.1, -0.05) is 0 Å². The Kier molecular flexibility index (Phi) is 2.50. The van der Waals surface area contributed by atoms with Crippen LogP contribution < -0.4 is 4.90 Å². The fourth-order valence-electron chi connectivity index (χ4n) is 1.74. The summed E-state index contributed by atoms with van der Waals surface area (Å²) in [5.41, 5.74) is 1.76. The fourth-order valence-corrected chi connectivity index (χ4v) is 1.74. The van der Waals surface area contributed by atoms with E-state index in [0.717, 1.165) is 24.9 Å². The zero-order valence-electron chi connectivity index (χ0n) is 7.89. The molecule has 3 heteroatoms. The molecule has 1 saturated heterocycles. The predicted octanol–water partition coefficient (Wildman–Crippen LogP) is 1.07. The van der Waals surface area contributed by atoms with Crippen molar-refractivity contribution in [3.05, 3.63) is 29.8 Å². The number of β-amino-alcohol motifs (C(OH)–C–C–N with tert-alkyl or cyclic N) is 1. The van der Waals surface area contributed by atoms with Gasteiger partial charge in [0, 0.05) is 24.3 Å². The molecule has 0 aromatic heterocycles. The Morgan fingerprint density at radius 2 is 2.07 bits per heavy atom. The largest absolute Gasteiger partial charge is 0.391 e. The number of carbonyl (C=O) groups is 1.